The molecule has 2 aromatic carbocycles. The van der Waals surface area contributed by atoms with E-state index in [1.54, 1.807) is 4.90 Å². The molecule has 168 valence electrons. The molecule has 0 saturated carbocycles. The van der Waals surface area contributed by atoms with Crippen LogP contribution in [0.25, 0.3) is 10.9 Å². The van der Waals surface area contributed by atoms with Crippen LogP contribution in [0.15, 0.2) is 54.6 Å². The summed E-state index contributed by atoms with van der Waals surface area (Å²) < 4.78 is 0. The molecule has 0 N–H and O–H groups in total. The number of para-hydroxylation sites is 1. The average Bonchev–Trinajstić information content (AvgIpc) is 3.29. The summed E-state index contributed by atoms with van der Waals surface area (Å²) in [5, 5.41) is 14.1. The third-order valence-electron chi connectivity index (χ3n) is 5.87. The van der Waals surface area contributed by atoms with Crippen molar-refractivity contribution in [1.29, 1.82) is 0 Å². The number of carbonyl (C=O) groups is 1. The van der Waals surface area contributed by atoms with Crippen molar-refractivity contribution in [2.75, 3.05) is 26.2 Å². The lowest BCUT2D eigenvalue weighted by molar-refractivity contribution is 0.131. The maximum atomic E-state index is 12.9. The van der Waals surface area contributed by atoms with Gasteiger partial charge in [0.1, 0.15) is 0 Å². The number of aromatic nitrogens is 5. The Labute approximate surface area is 196 Å². The molecule has 3 heterocycles. The van der Waals surface area contributed by atoms with Gasteiger partial charge in [-0.05, 0) is 41.5 Å². The van der Waals surface area contributed by atoms with E-state index in [-0.39, 0.29) is 6.03 Å². The van der Waals surface area contributed by atoms with E-state index in [0.29, 0.717) is 30.4 Å². The van der Waals surface area contributed by atoms with Crippen molar-refractivity contribution in [2.24, 2.45) is 0 Å². The molecule has 1 fully saturated rings. The highest BCUT2D eigenvalue weighted by molar-refractivity contribution is 6.31. The van der Waals surface area contributed by atoms with E-state index in [1.807, 2.05) is 43.3 Å². The Morgan fingerprint density at radius 3 is 2.67 bits per heavy atom. The van der Waals surface area contributed by atoms with Crippen LogP contribution in [0.4, 0.5) is 4.79 Å². The number of hydrogen-bond donors (Lipinski definition) is 0. The lowest BCUT2D eigenvalue weighted by atomic mass is 10.1. The monoisotopic (exact) mass is 461 g/mol. The number of carbonyl (C=O) groups excluding carboxylic acids is 1. The topological polar surface area (TPSA) is 80.0 Å². The van der Waals surface area contributed by atoms with Gasteiger partial charge in [0.25, 0.3) is 0 Å². The minimum Gasteiger partial charge on any atom is -0.319 e. The molecule has 1 amide bonds. The van der Waals surface area contributed by atoms with Crippen molar-refractivity contribution in [2.45, 2.75) is 19.9 Å². The molecule has 33 heavy (non-hydrogen) atoms. The van der Waals surface area contributed by atoms with Crippen LogP contribution >= 0.6 is 11.6 Å². The Morgan fingerprint density at radius 1 is 1.03 bits per heavy atom. The number of aryl methyl sites for hydroxylation is 1. The summed E-state index contributed by atoms with van der Waals surface area (Å²) in [5.74, 6) is 0.468. The molecule has 5 rings (SSSR count). The fourth-order valence-corrected chi connectivity index (χ4v) is 4.31. The first-order valence-corrected chi connectivity index (χ1v) is 11.3. The molecule has 1 aliphatic heterocycles. The van der Waals surface area contributed by atoms with Crippen LogP contribution in [0.2, 0.25) is 5.02 Å². The highest BCUT2D eigenvalue weighted by Crippen LogP contribution is 2.19. The van der Waals surface area contributed by atoms with Gasteiger partial charge in [-0.15, -0.1) is 10.2 Å². The third-order valence-corrected chi connectivity index (χ3v) is 6.22. The Hall–Kier alpha value is -3.36. The predicted molar refractivity (Wildman–Crippen MR) is 126 cm³/mol. The number of amides is 1. The van der Waals surface area contributed by atoms with E-state index >= 15 is 0 Å². The van der Waals surface area contributed by atoms with Gasteiger partial charge in [-0.2, -0.15) is 0 Å². The van der Waals surface area contributed by atoms with Crippen LogP contribution in [-0.4, -0.2) is 67.2 Å². The minimum absolute atomic E-state index is 0.257. The average molecular weight is 462 g/mol. The Bertz CT molecular complexity index is 1300. The number of hydrogen-bond acceptors (Lipinski definition) is 6. The summed E-state index contributed by atoms with van der Waals surface area (Å²) in [6.45, 7) is 5.48. The van der Waals surface area contributed by atoms with Crippen molar-refractivity contribution in [3.05, 3.63) is 82.3 Å². The van der Waals surface area contributed by atoms with Crippen molar-refractivity contribution in [3.8, 4) is 0 Å². The number of rotatable bonds is 4. The van der Waals surface area contributed by atoms with Gasteiger partial charge in [0, 0.05) is 49.6 Å². The van der Waals surface area contributed by atoms with Crippen molar-refractivity contribution >= 4 is 28.5 Å². The smallest absolute Gasteiger partial charge is 0.319 e. The lowest BCUT2D eigenvalue weighted by Crippen LogP contribution is -2.50. The number of benzene rings is 2. The molecule has 0 spiro atoms. The van der Waals surface area contributed by atoms with Gasteiger partial charge in [-0.25, -0.2) is 4.79 Å². The highest BCUT2D eigenvalue weighted by Gasteiger charge is 2.24. The molecule has 0 atom stereocenters. The number of halogens is 1. The normalized spacial score (nSPS) is 14.7. The molecule has 4 aromatic rings. The van der Waals surface area contributed by atoms with Gasteiger partial charge in [0.15, 0.2) is 5.82 Å². The maximum absolute atomic E-state index is 12.9. The summed E-state index contributed by atoms with van der Waals surface area (Å²) in [4.78, 5) is 22.8. The lowest BCUT2D eigenvalue weighted by Gasteiger charge is -2.33. The van der Waals surface area contributed by atoms with E-state index in [1.165, 1.54) is 0 Å². The Morgan fingerprint density at radius 2 is 1.85 bits per heavy atom. The second kappa shape index (κ2) is 9.25. The molecule has 2 aromatic heterocycles. The van der Waals surface area contributed by atoms with Gasteiger partial charge in [-0.1, -0.05) is 52.8 Å². The molecule has 0 aliphatic carbocycles. The molecule has 0 bridgehead atoms. The van der Waals surface area contributed by atoms with Crippen molar-refractivity contribution in [1.82, 2.24) is 35.0 Å². The Kier molecular flexibility index (Phi) is 6.02. The van der Waals surface area contributed by atoms with Crippen LogP contribution in [0, 0.1) is 6.92 Å². The van der Waals surface area contributed by atoms with Gasteiger partial charge >= 0.3 is 6.03 Å². The number of tetrazole rings is 1. The largest absolute Gasteiger partial charge is 0.363 e. The molecular formula is C24H24ClN7O. The first kappa shape index (κ1) is 21.5. The fraction of sp³-hybridized carbons (Fsp3) is 0.292. The minimum atomic E-state index is -0.257. The fourth-order valence-electron chi connectivity index (χ4n) is 4.01. The Balaban J connectivity index is 1.17. The zero-order chi connectivity index (χ0) is 22.8. The summed E-state index contributed by atoms with van der Waals surface area (Å²) >= 11 is 6.30. The number of nitrogens with zero attached hydrogens (tertiary/aromatic N) is 7. The highest BCUT2D eigenvalue weighted by atomic mass is 35.5. The van der Waals surface area contributed by atoms with Crippen LogP contribution in [0.3, 0.4) is 0 Å². The number of piperazine rings is 1. The molecule has 1 aliphatic rings. The maximum Gasteiger partial charge on any atom is 0.363 e. The van der Waals surface area contributed by atoms with Crippen molar-refractivity contribution < 1.29 is 4.79 Å². The van der Waals surface area contributed by atoms with E-state index in [4.69, 9.17) is 16.6 Å². The first-order valence-electron chi connectivity index (χ1n) is 11.0. The van der Waals surface area contributed by atoms with Crippen LogP contribution in [0.1, 0.15) is 22.6 Å². The van der Waals surface area contributed by atoms with E-state index < -0.39 is 0 Å². The summed E-state index contributed by atoms with van der Waals surface area (Å²) in [7, 11) is 0. The zero-order valence-electron chi connectivity index (χ0n) is 18.4. The molecular weight excluding hydrogens is 438 g/mol. The van der Waals surface area contributed by atoms with Gasteiger partial charge in [0.05, 0.1) is 11.2 Å². The quantitative estimate of drug-likeness (QED) is 0.462. The van der Waals surface area contributed by atoms with Crippen LogP contribution in [-0.2, 0) is 13.0 Å². The first-order chi connectivity index (χ1) is 16.0. The standard InChI is InChI=1S/C24H24ClN7O/c1-17-6-7-19(21(25)14-17)15-23-27-29-32(28-23)24(33)31-12-10-30(11-13-31)16-20-9-8-18-4-2-3-5-22(18)26-20/h2-9,14H,10-13,15-16H2,1H3. The molecule has 0 unspecified atom stereocenters. The van der Waals surface area contributed by atoms with Gasteiger partial charge in [-0.3, -0.25) is 9.88 Å². The number of pyridine rings is 1. The predicted octanol–water partition coefficient (Wildman–Crippen LogP) is 3.56. The summed E-state index contributed by atoms with van der Waals surface area (Å²) in [5.41, 5.74) is 4.03. The number of fused-ring (bicyclic) bond motifs is 1. The van der Waals surface area contributed by atoms with Gasteiger partial charge in [0.2, 0.25) is 0 Å². The van der Waals surface area contributed by atoms with Crippen molar-refractivity contribution in [3.63, 3.8) is 0 Å². The zero-order valence-corrected chi connectivity index (χ0v) is 19.1. The molecule has 0 radical (unpaired) electrons. The van der Waals surface area contributed by atoms with E-state index in [0.717, 1.165) is 52.2 Å². The second-order valence-electron chi connectivity index (χ2n) is 8.31. The van der Waals surface area contributed by atoms with E-state index in [9.17, 15) is 4.79 Å². The third kappa shape index (κ3) is 4.86. The molecule has 8 nitrogen and oxygen atoms in total. The van der Waals surface area contributed by atoms with Gasteiger partial charge < -0.3 is 4.90 Å². The van der Waals surface area contributed by atoms with Crippen LogP contribution < -0.4 is 0 Å². The SMILES string of the molecule is Cc1ccc(Cc2nnn(C(=O)N3CCN(Cc4ccc5ccccc5n4)CC3)n2)c(Cl)c1. The molecule has 1 saturated heterocycles. The molecule has 9 heteroatoms. The van der Waals surface area contributed by atoms with E-state index in [2.05, 4.69) is 38.5 Å². The van der Waals surface area contributed by atoms with Crippen LogP contribution in [0.5, 0.6) is 0 Å². The second-order valence-corrected chi connectivity index (χ2v) is 8.72. The summed E-state index contributed by atoms with van der Waals surface area (Å²) in [6, 6.07) is 17.9. The summed E-state index contributed by atoms with van der Waals surface area (Å²) in [6.07, 6.45) is 0.429.